The van der Waals surface area contributed by atoms with E-state index in [0.29, 0.717) is 5.56 Å². The lowest BCUT2D eigenvalue weighted by molar-refractivity contribution is -0.135. The van der Waals surface area contributed by atoms with Gasteiger partial charge in [-0.2, -0.15) is 0 Å². The Hall–Kier alpha value is -2.05. The Kier molecular flexibility index (Phi) is 4.39. The first-order valence-electron chi connectivity index (χ1n) is 8.87. The maximum atomic E-state index is 12.4. The van der Waals surface area contributed by atoms with Crippen LogP contribution in [-0.4, -0.2) is 54.1 Å². The fraction of sp³-hybridized carbons (Fsp3) is 0.526. The van der Waals surface area contributed by atoms with Gasteiger partial charge in [-0.25, -0.2) is 0 Å². The number of carbonyl (C=O) groups is 1. The number of hydrogen-bond acceptors (Lipinski definition) is 5. The van der Waals surface area contributed by atoms with Crippen LogP contribution in [0.1, 0.15) is 34.7 Å². The highest BCUT2D eigenvalue weighted by Crippen LogP contribution is 2.31. The summed E-state index contributed by atoms with van der Waals surface area (Å²) in [6.07, 6.45) is 4.78. The summed E-state index contributed by atoms with van der Waals surface area (Å²) < 4.78 is 16.9. The molecule has 4 heterocycles. The number of furan rings is 2. The predicted octanol–water partition coefficient (Wildman–Crippen LogP) is 2.69. The van der Waals surface area contributed by atoms with Gasteiger partial charge in [0.1, 0.15) is 17.8 Å². The van der Waals surface area contributed by atoms with Gasteiger partial charge in [0.05, 0.1) is 30.6 Å². The van der Waals surface area contributed by atoms with Crippen molar-refractivity contribution in [1.29, 1.82) is 0 Å². The highest BCUT2D eigenvalue weighted by Gasteiger charge is 2.40. The zero-order valence-corrected chi connectivity index (χ0v) is 14.6. The molecule has 4 rings (SSSR count). The number of amides is 1. The number of hydrogen-bond donors (Lipinski definition) is 0. The van der Waals surface area contributed by atoms with E-state index in [1.54, 1.807) is 6.07 Å². The smallest absolute Gasteiger partial charge is 0.257 e. The first-order valence-corrected chi connectivity index (χ1v) is 8.87. The Morgan fingerprint density at radius 2 is 2.04 bits per heavy atom. The quantitative estimate of drug-likeness (QED) is 0.857. The van der Waals surface area contributed by atoms with E-state index in [-0.39, 0.29) is 11.5 Å². The van der Waals surface area contributed by atoms with E-state index in [4.69, 9.17) is 13.6 Å². The summed E-state index contributed by atoms with van der Waals surface area (Å²) in [7, 11) is 0. The molecule has 0 aromatic carbocycles. The molecule has 2 aliphatic rings. The minimum atomic E-state index is -0.146. The van der Waals surface area contributed by atoms with E-state index < -0.39 is 0 Å². The van der Waals surface area contributed by atoms with Gasteiger partial charge in [-0.05, 0) is 38.0 Å². The predicted molar refractivity (Wildman–Crippen MR) is 91.3 cm³/mol. The normalized spacial score (nSPS) is 20.9. The third-order valence-corrected chi connectivity index (χ3v) is 5.23. The maximum Gasteiger partial charge on any atom is 0.257 e. The topological polar surface area (TPSA) is 59.1 Å². The minimum absolute atomic E-state index is 0.0438. The molecule has 1 spiro atoms. The molecule has 1 amide bonds. The minimum Gasteiger partial charge on any atom is -0.472 e. The molecule has 0 atom stereocenters. The second-order valence-corrected chi connectivity index (χ2v) is 7.06. The van der Waals surface area contributed by atoms with Crippen LogP contribution in [0.2, 0.25) is 0 Å². The summed E-state index contributed by atoms with van der Waals surface area (Å²) in [5.74, 6) is 1.99. The van der Waals surface area contributed by atoms with E-state index in [9.17, 15) is 4.79 Å². The summed E-state index contributed by atoms with van der Waals surface area (Å²) in [5.41, 5.74) is 0.475. The van der Waals surface area contributed by atoms with Crippen LogP contribution < -0.4 is 0 Å². The average Bonchev–Trinajstić information content (AvgIpc) is 3.27. The van der Waals surface area contributed by atoms with Crippen molar-refractivity contribution in [2.75, 3.05) is 32.8 Å². The molecule has 2 aliphatic heterocycles. The monoisotopic (exact) mass is 344 g/mol. The lowest BCUT2D eigenvalue weighted by Crippen LogP contribution is -2.57. The number of ether oxygens (including phenoxy) is 1. The van der Waals surface area contributed by atoms with Crippen LogP contribution in [-0.2, 0) is 11.3 Å². The van der Waals surface area contributed by atoms with Gasteiger partial charge >= 0.3 is 0 Å². The largest absolute Gasteiger partial charge is 0.472 e. The molecule has 0 saturated carbocycles. The molecule has 2 aromatic heterocycles. The summed E-state index contributed by atoms with van der Waals surface area (Å²) in [4.78, 5) is 16.7. The number of nitrogens with zero attached hydrogens (tertiary/aromatic N) is 2. The Balaban J connectivity index is 1.36. The van der Waals surface area contributed by atoms with Crippen LogP contribution in [0.15, 0.2) is 39.6 Å². The Labute approximate surface area is 147 Å². The number of piperidine rings is 1. The van der Waals surface area contributed by atoms with E-state index in [1.165, 1.54) is 12.5 Å². The van der Waals surface area contributed by atoms with Crippen molar-refractivity contribution in [3.8, 4) is 0 Å². The van der Waals surface area contributed by atoms with Crippen molar-refractivity contribution >= 4 is 5.91 Å². The number of aryl methyl sites for hydroxylation is 1. The average molecular weight is 344 g/mol. The van der Waals surface area contributed by atoms with E-state index >= 15 is 0 Å². The molecule has 0 N–H and O–H groups in total. The zero-order chi connectivity index (χ0) is 17.3. The highest BCUT2D eigenvalue weighted by atomic mass is 16.5. The fourth-order valence-corrected chi connectivity index (χ4v) is 3.84. The van der Waals surface area contributed by atoms with Gasteiger partial charge in [0.2, 0.25) is 0 Å². The molecule has 134 valence electrons. The molecule has 6 heteroatoms. The molecule has 2 aromatic rings. The van der Waals surface area contributed by atoms with Crippen LogP contribution in [0.4, 0.5) is 0 Å². The Bertz CT molecular complexity index is 714. The third kappa shape index (κ3) is 3.50. The van der Waals surface area contributed by atoms with Crippen molar-refractivity contribution in [2.45, 2.75) is 31.9 Å². The van der Waals surface area contributed by atoms with Crippen molar-refractivity contribution in [2.24, 2.45) is 0 Å². The molecular formula is C19H24N2O4. The maximum absolute atomic E-state index is 12.4. The van der Waals surface area contributed by atoms with Crippen LogP contribution in [0.5, 0.6) is 0 Å². The van der Waals surface area contributed by atoms with Gasteiger partial charge in [0, 0.05) is 26.2 Å². The summed E-state index contributed by atoms with van der Waals surface area (Å²) in [6, 6.07) is 5.77. The molecule has 0 aliphatic carbocycles. The van der Waals surface area contributed by atoms with Gasteiger partial charge in [-0.3, -0.25) is 9.69 Å². The second kappa shape index (κ2) is 6.69. The molecule has 0 radical (unpaired) electrons. The molecular weight excluding hydrogens is 320 g/mol. The molecule has 0 bridgehead atoms. The van der Waals surface area contributed by atoms with E-state index in [1.807, 2.05) is 24.0 Å². The van der Waals surface area contributed by atoms with Crippen molar-refractivity contribution in [3.05, 3.63) is 47.8 Å². The van der Waals surface area contributed by atoms with Crippen molar-refractivity contribution in [1.82, 2.24) is 9.80 Å². The van der Waals surface area contributed by atoms with Gasteiger partial charge in [-0.1, -0.05) is 0 Å². The Morgan fingerprint density at radius 3 is 2.72 bits per heavy atom. The van der Waals surface area contributed by atoms with Crippen LogP contribution in [0, 0.1) is 6.92 Å². The summed E-state index contributed by atoms with van der Waals surface area (Å²) >= 11 is 0. The number of morpholine rings is 1. The van der Waals surface area contributed by atoms with Gasteiger partial charge in [0.15, 0.2) is 0 Å². The van der Waals surface area contributed by atoms with Gasteiger partial charge in [-0.15, -0.1) is 0 Å². The molecule has 0 unspecified atom stereocenters. The van der Waals surface area contributed by atoms with Crippen LogP contribution >= 0.6 is 0 Å². The summed E-state index contributed by atoms with van der Waals surface area (Å²) in [6.45, 7) is 6.76. The van der Waals surface area contributed by atoms with Gasteiger partial charge < -0.3 is 18.5 Å². The lowest BCUT2D eigenvalue weighted by Gasteiger charge is -2.47. The lowest BCUT2D eigenvalue weighted by atomic mass is 9.89. The van der Waals surface area contributed by atoms with Gasteiger partial charge in [0.25, 0.3) is 5.91 Å². The van der Waals surface area contributed by atoms with E-state index in [2.05, 4.69) is 4.90 Å². The first kappa shape index (κ1) is 16.4. The molecule has 2 saturated heterocycles. The standard InChI is InChI=1S/C19H24N2O4/c1-15-2-3-17(25-15)12-20-9-11-24-19(14-20)5-7-21(8-6-19)18(22)16-4-10-23-13-16/h2-4,10,13H,5-9,11-12,14H2,1H3. The molecule has 6 nitrogen and oxygen atoms in total. The number of carbonyl (C=O) groups excluding carboxylic acids is 1. The number of rotatable bonds is 3. The van der Waals surface area contributed by atoms with Crippen molar-refractivity contribution in [3.63, 3.8) is 0 Å². The number of likely N-dealkylation sites (tertiary alicyclic amines) is 1. The fourth-order valence-electron chi connectivity index (χ4n) is 3.84. The summed E-state index contributed by atoms with van der Waals surface area (Å²) in [5, 5.41) is 0. The zero-order valence-electron chi connectivity index (χ0n) is 14.6. The van der Waals surface area contributed by atoms with E-state index in [0.717, 1.165) is 63.7 Å². The molecule has 25 heavy (non-hydrogen) atoms. The third-order valence-electron chi connectivity index (χ3n) is 5.23. The van der Waals surface area contributed by atoms with Crippen molar-refractivity contribution < 1.29 is 18.4 Å². The van der Waals surface area contributed by atoms with Crippen LogP contribution in [0.3, 0.4) is 0 Å². The highest BCUT2D eigenvalue weighted by molar-refractivity contribution is 5.93. The molecule has 2 fully saturated rings. The SMILES string of the molecule is Cc1ccc(CN2CCOC3(CCN(C(=O)c4ccoc4)CC3)C2)o1. The van der Waals surface area contributed by atoms with Crippen LogP contribution in [0.25, 0.3) is 0 Å². The first-order chi connectivity index (χ1) is 12.1. The second-order valence-electron chi connectivity index (χ2n) is 7.06. The Morgan fingerprint density at radius 1 is 1.20 bits per heavy atom.